The number of hydrogen-bond acceptors (Lipinski definition) is 4. The van der Waals surface area contributed by atoms with E-state index in [4.69, 9.17) is 0 Å². The number of nitrogens with one attached hydrogen (secondary N) is 1. The molecule has 1 aromatic rings. The first kappa shape index (κ1) is 16.7. The maximum atomic E-state index is 12.0. The SMILES string of the molecule is CCCC(NCCS(=O)(=O)C(C)(C)C)c1cccs1. The van der Waals surface area contributed by atoms with Crippen molar-refractivity contribution in [3.63, 3.8) is 0 Å². The summed E-state index contributed by atoms with van der Waals surface area (Å²) in [5.74, 6) is 0.197. The maximum Gasteiger partial charge on any atom is 0.156 e. The molecule has 0 bridgehead atoms. The summed E-state index contributed by atoms with van der Waals surface area (Å²) in [5, 5.41) is 5.44. The minimum atomic E-state index is -3.04. The number of hydrogen-bond donors (Lipinski definition) is 1. The van der Waals surface area contributed by atoms with E-state index in [1.807, 2.05) is 6.07 Å². The molecule has 0 spiro atoms. The van der Waals surface area contributed by atoms with Gasteiger partial charge in [-0.1, -0.05) is 19.4 Å². The third-order valence-electron chi connectivity index (χ3n) is 3.16. The van der Waals surface area contributed by atoms with Crippen LogP contribution in [0.3, 0.4) is 0 Å². The highest BCUT2D eigenvalue weighted by Gasteiger charge is 2.28. The Hall–Kier alpha value is -0.390. The summed E-state index contributed by atoms with van der Waals surface area (Å²) >= 11 is 1.72. The highest BCUT2D eigenvalue weighted by Crippen LogP contribution is 2.23. The van der Waals surface area contributed by atoms with Gasteiger partial charge in [0.1, 0.15) is 0 Å². The molecule has 1 rings (SSSR count). The predicted octanol–water partition coefficient (Wildman–Crippen LogP) is 3.39. The maximum absolute atomic E-state index is 12.0. The molecule has 0 aromatic carbocycles. The molecule has 0 aliphatic heterocycles. The van der Waals surface area contributed by atoms with Gasteiger partial charge in [0.2, 0.25) is 0 Å². The van der Waals surface area contributed by atoms with E-state index < -0.39 is 14.6 Å². The van der Waals surface area contributed by atoms with Gasteiger partial charge >= 0.3 is 0 Å². The molecule has 110 valence electrons. The average molecular weight is 303 g/mol. The van der Waals surface area contributed by atoms with Gasteiger partial charge in [0.25, 0.3) is 0 Å². The molecule has 0 saturated carbocycles. The summed E-state index contributed by atoms with van der Waals surface area (Å²) in [4.78, 5) is 1.29. The molecule has 3 nitrogen and oxygen atoms in total. The second-order valence-electron chi connectivity index (χ2n) is 5.74. The van der Waals surface area contributed by atoms with Crippen molar-refractivity contribution in [1.29, 1.82) is 0 Å². The second kappa shape index (κ2) is 6.86. The molecule has 19 heavy (non-hydrogen) atoms. The molecule has 1 aromatic heterocycles. The zero-order valence-electron chi connectivity index (χ0n) is 12.3. The van der Waals surface area contributed by atoms with Crippen LogP contribution < -0.4 is 5.32 Å². The van der Waals surface area contributed by atoms with Gasteiger partial charge in [-0.15, -0.1) is 11.3 Å². The van der Waals surface area contributed by atoms with E-state index >= 15 is 0 Å². The van der Waals surface area contributed by atoms with Gasteiger partial charge in [0, 0.05) is 17.5 Å². The van der Waals surface area contributed by atoms with Crippen LogP contribution in [0.4, 0.5) is 0 Å². The molecule has 0 fully saturated rings. The van der Waals surface area contributed by atoms with Crippen molar-refractivity contribution in [1.82, 2.24) is 5.32 Å². The summed E-state index contributed by atoms with van der Waals surface area (Å²) in [7, 11) is -3.04. The molecular formula is C14H25NO2S2. The third kappa shape index (κ3) is 4.89. The van der Waals surface area contributed by atoms with E-state index in [1.165, 1.54) is 4.88 Å². The first-order chi connectivity index (χ1) is 8.78. The highest BCUT2D eigenvalue weighted by atomic mass is 32.2. The zero-order valence-corrected chi connectivity index (χ0v) is 13.9. The topological polar surface area (TPSA) is 46.2 Å². The molecule has 1 atom stereocenters. The first-order valence-electron chi connectivity index (χ1n) is 6.77. The van der Waals surface area contributed by atoms with Crippen LogP contribution in [0.2, 0.25) is 0 Å². The quantitative estimate of drug-likeness (QED) is 0.840. The summed E-state index contributed by atoms with van der Waals surface area (Å²) in [6.45, 7) is 7.93. The molecule has 0 amide bonds. The van der Waals surface area contributed by atoms with Crippen molar-refractivity contribution in [3.05, 3.63) is 22.4 Å². The largest absolute Gasteiger partial charge is 0.308 e. The molecule has 0 aliphatic rings. The Balaban J connectivity index is 2.55. The van der Waals surface area contributed by atoms with Crippen molar-refractivity contribution in [2.45, 2.75) is 51.3 Å². The summed E-state index contributed by atoms with van der Waals surface area (Å²) in [5.41, 5.74) is 0. The lowest BCUT2D eigenvalue weighted by Crippen LogP contribution is -2.35. The standard InChI is InChI=1S/C14H25NO2S2/c1-5-7-12(13-8-6-10-18-13)15-9-11-19(16,17)14(2,3)4/h6,8,10,12,15H,5,7,9,11H2,1-4H3. The van der Waals surface area contributed by atoms with Crippen LogP contribution in [-0.2, 0) is 9.84 Å². The Morgan fingerprint density at radius 1 is 1.37 bits per heavy atom. The molecule has 0 aliphatic carbocycles. The number of rotatable bonds is 7. The normalized spacial score (nSPS) is 14.5. The first-order valence-corrected chi connectivity index (χ1v) is 9.30. The summed E-state index contributed by atoms with van der Waals surface area (Å²) in [6.07, 6.45) is 2.12. The van der Waals surface area contributed by atoms with E-state index in [2.05, 4.69) is 23.7 Å². The zero-order chi connectivity index (χ0) is 14.5. The van der Waals surface area contributed by atoms with Gasteiger partial charge in [0.15, 0.2) is 9.84 Å². The minimum Gasteiger partial charge on any atom is -0.308 e. The lowest BCUT2D eigenvalue weighted by Gasteiger charge is -2.21. The molecule has 5 heteroatoms. The van der Waals surface area contributed by atoms with E-state index in [-0.39, 0.29) is 11.8 Å². The molecule has 1 unspecified atom stereocenters. The average Bonchev–Trinajstić information content (AvgIpc) is 2.79. The molecule has 0 radical (unpaired) electrons. The Kier molecular flexibility index (Phi) is 6.02. The third-order valence-corrected chi connectivity index (χ3v) is 6.75. The van der Waals surface area contributed by atoms with Crippen LogP contribution in [0.15, 0.2) is 17.5 Å². The van der Waals surface area contributed by atoms with Gasteiger partial charge in [-0.05, 0) is 38.6 Å². The Morgan fingerprint density at radius 2 is 2.05 bits per heavy atom. The number of sulfone groups is 1. The fraction of sp³-hybridized carbons (Fsp3) is 0.714. The highest BCUT2D eigenvalue weighted by molar-refractivity contribution is 7.92. The Morgan fingerprint density at radius 3 is 2.53 bits per heavy atom. The molecular weight excluding hydrogens is 278 g/mol. The van der Waals surface area contributed by atoms with Crippen LogP contribution >= 0.6 is 11.3 Å². The minimum absolute atomic E-state index is 0.197. The smallest absolute Gasteiger partial charge is 0.156 e. The van der Waals surface area contributed by atoms with E-state index in [0.29, 0.717) is 6.54 Å². The van der Waals surface area contributed by atoms with E-state index in [1.54, 1.807) is 32.1 Å². The van der Waals surface area contributed by atoms with Crippen LogP contribution in [-0.4, -0.2) is 25.5 Å². The van der Waals surface area contributed by atoms with Crippen molar-refractivity contribution >= 4 is 21.2 Å². The summed E-state index contributed by atoms with van der Waals surface area (Å²) < 4.78 is 23.4. The second-order valence-corrected chi connectivity index (χ2v) is 9.58. The molecule has 1 heterocycles. The van der Waals surface area contributed by atoms with Gasteiger partial charge in [0.05, 0.1) is 10.5 Å². The van der Waals surface area contributed by atoms with Crippen LogP contribution in [0.25, 0.3) is 0 Å². The van der Waals surface area contributed by atoms with Gasteiger partial charge in [-0.3, -0.25) is 0 Å². The van der Waals surface area contributed by atoms with E-state index in [0.717, 1.165) is 12.8 Å². The van der Waals surface area contributed by atoms with Crippen molar-refractivity contribution in [2.24, 2.45) is 0 Å². The van der Waals surface area contributed by atoms with Crippen LogP contribution in [0.5, 0.6) is 0 Å². The lowest BCUT2D eigenvalue weighted by molar-refractivity contribution is 0.508. The molecule has 0 saturated heterocycles. The monoisotopic (exact) mass is 303 g/mol. The Labute approximate surface area is 121 Å². The fourth-order valence-electron chi connectivity index (χ4n) is 1.80. The summed E-state index contributed by atoms with van der Waals surface area (Å²) in [6, 6.07) is 4.42. The van der Waals surface area contributed by atoms with Crippen molar-refractivity contribution in [3.8, 4) is 0 Å². The lowest BCUT2D eigenvalue weighted by atomic mass is 10.1. The fourth-order valence-corrected chi connectivity index (χ4v) is 3.63. The van der Waals surface area contributed by atoms with E-state index in [9.17, 15) is 8.42 Å². The van der Waals surface area contributed by atoms with Crippen LogP contribution in [0.1, 0.15) is 51.5 Å². The van der Waals surface area contributed by atoms with Gasteiger partial charge in [-0.2, -0.15) is 0 Å². The van der Waals surface area contributed by atoms with Gasteiger partial charge in [-0.25, -0.2) is 8.42 Å². The molecule has 1 N–H and O–H groups in total. The predicted molar refractivity (Wildman–Crippen MR) is 83.5 cm³/mol. The Bertz CT molecular complexity index is 458. The van der Waals surface area contributed by atoms with Crippen molar-refractivity contribution < 1.29 is 8.42 Å². The van der Waals surface area contributed by atoms with Crippen LogP contribution in [0, 0.1) is 0 Å². The van der Waals surface area contributed by atoms with Gasteiger partial charge < -0.3 is 5.32 Å². The number of thiophene rings is 1. The van der Waals surface area contributed by atoms with Crippen molar-refractivity contribution in [2.75, 3.05) is 12.3 Å².